The molecule has 1 aliphatic heterocycles. The van der Waals surface area contributed by atoms with Crippen LogP contribution in [0.2, 0.25) is 0 Å². The van der Waals surface area contributed by atoms with Gasteiger partial charge in [0, 0.05) is 25.9 Å². The fourth-order valence-corrected chi connectivity index (χ4v) is 3.77. The molecule has 1 aliphatic rings. The second-order valence-corrected chi connectivity index (χ2v) is 9.31. The molecule has 2 atom stereocenters. The molecule has 0 aromatic heterocycles. The lowest BCUT2D eigenvalue weighted by Gasteiger charge is -2.40. The predicted molar refractivity (Wildman–Crippen MR) is 97.9 cm³/mol. The summed E-state index contributed by atoms with van der Waals surface area (Å²) in [4.78, 5) is 2.83. The summed E-state index contributed by atoms with van der Waals surface area (Å²) in [5.74, 6) is 0.504. The summed E-state index contributed by atoms with van der Waals surface area (Å²) in [6.07, 6.45) is 5.34. The van der Waals surface area contributed by atoms with Gasteiger partial charge in [0.1, 0.15) is 0 Å². The molecule has 0 amide bonds. The normalized spacial score (nSPS) is 22.9. The summed E-state index contributed by atoms with van der Waals surface area (Å²) in [5.41, 5.74) is 1.15. The van der Waals surface area contributed by atoms with Gasteiger partial charge in [0.15, 0.2) is 9.84 Å². The Morgan fingerprint density at radius 3 is 2.42 bits per heavy atom. The van der Waals surface area contributed by atoms with Gasteiger partial charge >= 0.3 is 0 Å². The third-order valence-electron chi connectivity index (χ3n) is 4.65. The van der Waals surface area contributed by atoms with Gasteiger partial charge in [-0.15, -0.1) is 0 Å². The summed E-state index contributed by atoms with van der Waals surface area (Å²) in [5, 5.41) is 0. The number of rotatable bonds is 7. The topological polar surface area (TPSA) is 46.6 Å². The third kappa shape index (κ3) is 5.57. The van der Waals surface area contributed by atoms with Crippen LogP contribution < -0.4 is 0 Å². The van der Waals surface area contributed by atoms with Crippen molar-refractivity contribution in [2.24, 2.45) is 5.92 Å². The highest BCUT2D eigenvalue weighted by Crippen LogP contribution is 2.22. The summed E-state index contributed by atoms with van der Waals surface area (Å²) < 4.78 is 29.4. The van der Waals surface area contributed by atoms with Crippen LogP contribution in [-0.4, -0.2) is 44.9 Å². The largest absolute Gasteiger partial charge is 0.372 e. The molecule has 2 rings (SSSR count). The lowest BCUT2D eigenvalue weighted by atomic mass is 10.0. The highest BCUT2D eigenvalue weighted by molar-refractivity contribution is 7.90. The summed E-state index contributed by atoms with van der Waals surface area (Å²) in [6, 6.07) is 7.27. The average molecular weight is 354 g/mol. The number of unbranched alkanes of at least 4 members (excludes halogenated alkanes) is 1. The molecule has 1 aromatic carbocycles. The third-order valence-corrected chi connectivity index (χ3v) is 5.78. The highest BCUT2D eigenvalue weighted by atomic mass is 32.2. The molecule has 0 bridgehead atoms. The lowest BCUT2D eigenvalue weighted by Crippen LogP contribution is -2.48. The van der Waals surface area contributed by atoms with E-state index in [9.17, 15) is 8.42 Å². The smallest absolute Gasteiger partial charge is 0.175 e. The van der Waals surface area contributed by atoms with E-state index in [1.165, 1.54) is 19.1 Å². The summed E-state index contributed by atoms with van der Waals surface area (Å²) >= 11 is 0. The minimum atomic E-state index is -3.13. The average Bonchev–Trinajstić information content (AvgIpc) is 2.52. The van der Waals surface area contributed by atoms with E-state index in [1.807, 2.05) is 12.1 Å². The van der Waals surface area contributed by atoms with Gasteiger partial charge in [-0.05, 0) is 30.0 Å². The van der Waals surface area contributed by atoms with E-state index in [0.717, 1.165) is 31.6 Å². The van der Waals surface area contributed by atoms with Gasteiger partial charge in [-0.3, -0.25) is 4.90 Å². The van der Waals surface area contributed by atoms with Crippen molar-refractivity contribution in [2.45, 2.75) is 63.7 Å². The summed E-state index contributed by atoms with van der Waals surface area (Å²) in [7, 11) is -3.13. The Balaban J connectivity index is 2.03. The van der Waals surface area contributed by atoms with Crippen LogP contribution in [0.5, 0.6) is 0 Å². The first kappa shape index (κ1) is 19.4. The van der Waals surface area contributed by atoms with Crippen LogP contribution in [0.1, 0.15) is 45.6 Å². The molecule has 24 heavy (non-hydrogen) atoms. The maximum absolute atomic E-state index is 11.6. The van der Waals surface area contributed by atoms with Gasteiger partial charge in [-0.1, -0.05) is 45.7 Å². The predicted octanol–water partition coefficient (Wildman–Crippen LogP) is 3.51. The lowest BCUT2D eigenvalue weighted by molar-refractivity contribution is -0.108. The van der Waals surface area contributed by atoms with Crippen LogP contribution in [-0.2, 0) is 21.1 Å². The Labute approximate surface area is 147 Å². The number of benzene rings is 1. The Kier molecular flexibility index (Phi) is 6.84. The second kappa shape index (κ2) is 8.45. The zero-order valence-electron chi connectivity index (χ0n) is 15.4. The van der Waals surface area contributed by atoms with Crippen molar-refractivity contribution in [3.05, 3.63) is 29.8 Å². The van der Waals surface area contributed by atoms with Crippen molar-refractivity contribution in [2.75, 3.05) is 19.3 Å². The Morgan fingerprint density at radius 2 is 1.88 bits per heavy atom. The minimum absolute atomic E-state index is 0.274. The van der Waals surface area contributed by atoms with Crippen molar-refractivity contribution >= 4 is 9.84 Å². The van der Waals surface area contributed by atoms with Crippen molar-refractivity contribution in [3.63, 3.8) is 0 Å². The quantitative estimate of drug-likeness (QED) is 0.753. The van der Waals surface area contributed by atoms with Gasteiger partial charge in [0.2, 0.25) is 0 Å². The zero-order valence-corrected chi connectivity index (χ0v) is 16.2. The SMILES string of the molecule is CCCC[C@@H]1CN(Cc2ccc(S(C)(=O)=O)cc2)C[C@H](C(C)C)O1. The minimum Gasteiger partial charge on any atom is -0.372 e. The van der Waals surface area contributed by atoms with Crippen LogP contribution in [0.25, 0.3) is 0 Å². The van der Waals surface area contributed by atoms with E-state index in [2.05, 4.69) is 25.7 Å². The standard InChI is InChI=1S/C19H31NO3S/c1-5-6-7-17-13-20(14-19(23-17)15(2)3)12-16-8-10-18(11-9-16)24(4,21)22/h8-11,15,17,19H,5-7,12-14H2,1-4H3/t17-,19-/m1/s1. The number of sulfone groups is 1. The maximum atomic E-state index is 11.6. The van der Waals surface area contributed by atoms with Crippen molar-refractivity contribution < 1.29 is 13.2 Å². The van der Waals surface area contributed by atoms with Crippen LogP contribution in [0, 0.1) is 5.92 Å². The van der Waals surface area contributed by atoms with E-state index in [4.69, 9.17) is 4.74 Å². The van der Waals surface area contributed by atoms with E-state index < -0.39 is 9.84 Å². The van der Waals surface area contributed by atoms with Crippen molar-refractivity contribution in [3.8, 4) is 0 Å². The number of hydrogen-bond donors (Lipinski definition) is 0. The fraction of sp³-hybridized carbons (Fsp3) is 0.684. The number of ether oxygens (including phenoxy) is 1. The van der Waals surface area contributed by atoms with Gasteiger partial charge in [0.05, 0.1) is 17.1 Å². The van der Waals surface area contributed by atoms with Crippen LogP contribution in [0.3, 0.4) is 0 Å². The number of morpholine rings is 1. The molecule has 0 N–H and O–H groups in total. The van der Waals surface area contributed by atoms with Crippen molar-refractivity contribution in [1.82, 2.24) is 4.90 Å². The molecule has 0 spiro atoms. The van der Waals surface area contributed by atoms with Crippen LogP contribution in [0.15, 0.2) is 29.2 Å². The van der Waals surface area contributed by atoms with Gasteiger partial charge in [-0.25, -0.2) is 8.42 Å². The highest BCUT2D eigenvalue weighted by Gasteiger charge is 2.29. The first-order valence-electron chi connectivity index (χ1n) is 8.96. The molecule has 0 aliphatic carbocycles. The van der Waals surface area contributed by atoms with Gasteiger partial charge < -0.3 is 4.74 Å². The Morgan fingerprint density at radius 1 is 1.21 bits per heavy atom. The maximum Gasteiger partial charge on any atom is 0.175 e. The first-order chi connectivity index (χ1) is 11.3. The zero-order chi connectivity index (χ0) is 17.7. The molecular weight excluding hydrogens is 322 g/mol. The monoisotopic (exact) mass is 353 g/mol. The van der Waals surface area contributed by atoms with E-state index in [0.29, 0.717) is 16.9 Å². The molecule has 1 heterocycles. The molecular formula is C19H31NO3S. The molecule has 5 heteroatoms. The second-order valence-electron chi connectivity index (χ2n) is 7.29. The van der Waals surface area contributed by atoms with E-state index >= 15 is 0 Å². The van der Waals surface area contributed by atoms with E-state index in [-0.39, 0.29) is 6.10 Å². The first-order valence-corrected chi connectivity index (χ1v) is 10.9. The number of hydrogen-bond acceptors (Lipinski definition) is 4. The molecule has 4 nitrogen and oxygen atoms in total. The molecule has 1 saturated heterocycles. The summed E-state index contributed by atoms with van der Waals surface area (Å²) in [6.45, 7) is 9.38. The number of nitrogens with zero attached hydrogens (tertiary/aromatic N) is 1. The molecule has 1 aromatic rings. The molecule has 0 unspecified atom stereocenters. The Hall–Kier alpha value is -0.910. The van der Waals surface area contributed by atoms with Crippen LogP contribution >= 0.6 is 0 Å². The molecule has 136 valence electrons. The van der Waals surface area contributed by atoms with Crippen molar-refractivity contribution in [1.29, 1.82) is 0 Å². The van der Waals surface area contributed by atoms with Gasteiger partial charge in [0.25, 0.3) is 0 Å². The van der Waals surface area contributed by atoms with Gasteiger partial charge in [-0.2, -0.15) is 0 Å². The van der Waals surface area contributed by atoms with E-state index in [1.54, 1.807) is 12.1 Å². The molecule has 0 radical (unpaired) electrons. The van der Waals surface area contributed by atoms with Crippen LogP contribution in [0.4, 0.5) is 0 Å². The Bertz CT molecular complexity index is 610. The fourth-order valence-electron chi connectivity index (χ4n) is 3.14. The molecule has 1 fully saturated rings. The molecule has 0 saturated carbocycles.